The fourth-order valence-electron chi connectivity index (χ4n) is 10.3. The van der Waals surface area contributed by atoms with Gasteiger partial charge in [-0.1, -0.05) is 152 Å². The SMILES string of the molecule is c1ccc2c(c1)ccc1c2oc2cccc(-c3ccc(N(c4ccc(-c5ccc6c(c5)sc5ccccc56)cc4)c4ccc(-c5cccc6oc7c8ccccc8ccc7c56)cc4)cc3)c21. The molecule has 11 aromatic carbocycles. The second-order valence-electron chi connectivity index (χ2n) is 17.2. The minimum absolute atomic E-state index is 0.892. The second-order valence-corrected chi connectivity index (χ2v) is 18.3. The highest BCUT2D eigenvalue weighted by Crippen LogP contribution is 2.44. The Hall–Kier alpha value is -8.44. The van der Waals surface area contributed by atoms with E-state index in [-0.39, 0.29) is 0 Å². The quantitative estimate of drug-likeness (QED) is 0.167. The molecule has 4 heteroatoms. The van der Waals surface area contributed by atoms with E-state index < -0.39 is 0 Å². The second kappa shape index (κ2) is 14.5. The van der Waals surface area contributed by atoms with Gasteiger partial charge in [-0.05, 0) is 117 Å². The van der Waals surface area contributed by atoms with E-state index in [9.17, 15) is 0 Å². The van der Waals surface area contributed by atoms with Gasteiger partial charge in [0.05, 0.1) is 0 Å². The Balaban J connectivity index is 0.872. The van der Waals surface area contributed by atoms with Crippen LogP contribution in [0, 0.1) is 0 Å². The maximum atomic E-state index is 6.57. The van der Waals surface area contributed by atoms with Crippen molar-refractivity contribution in [1.82, 2.24) is 0 Å². The van der Waals surface area contributed by atoms with Gasteiger partial charge < -0.3 is 13.7 Å². The molecule has 0 fully saturated rings. The summed E-state index contributed by atoms with van der Waals surface area (Å²) in [5, 5.41) is 11.8. The van der Waals surface area contributed by atoms with Crippen molar-refractivity contribution in [2.45, 2.75) is 0 Å². The van der Waals surface area contributed by atoms with Crippen molar-refractivity contribution in [2.24, 2.45) is 0 Å². The van der Waals surface area contributed by atoms with Crippen LogP contribution in [0.1, 0.15) is 0 Å². The van der Waals surface area contributed by atoms with E-state index >= 15 is 0 Å². The molecule has 0 saturated heterocycles. The molecule has 0 aliphatic carbocycles. The fraction of sp³-hybridized carbons (Fsp3) is 0. The number of nitrogens with zero attached hydrogens (tertiary/aromatic N) is 1. The van der Waals surface area contributed by atoms with Gasteiger partial charge in [-0.15, -0.1) is 11.3 Å². The van der Waals surface area contributed by atoms with E-state index in [0.29, 0.717) is 0 Å². The number of benzene rings is 11. The molecule has 0 N–H and O–H groups in total. The number of thiophene rings is 1. The lowest BCUT2D eigenvalue weighted by Gasteiger charge is -2.26. The first-order valence-electron chi connectivity index (χ1n) is 22.4. The monoisotopic (exact) mass is 859 g/mol. The van der Waals surface area contributed by atoms with Crippen LogP contribution in [0.2, 0.25) is 0 Å². The van der Waals surface area contributed by atoms with Crippen molar-refractivity contribution in [3.8, 4) is 33.4 Å². The summed E-state index contributed by atoms with van der Waals surface area (Å²) < 4.78 is 15.8. The molecule has 0 radical (unpaired) electrons. The normalized spacial score (nSPS) is 11.9. The average molecular weight is 860 g/mol. The molecular formula is C62H37NO2S. The van der Waals surface area contributed by atoms with Crippen LogP contribution >= 0.6 is 11.3 Å². The number of hydrogen-bond donors (Lipinski definition) is 0. The molecule has 0 spiro atoms. The molecule has 0 bridgehead atoms. The predicted octanol–water partition coefficient (Wildman–Crippen LogP) is 18.6. The Bertz CT molecular complexity index is 4020. The maximum Gasteiger partial charge on any atom is 0.143 e. The van der Waals surface area contributed by atoms with Gasteiger partial charge in [0, 0.05) is 69.6 Å². The van der Waals surface area contributed by atoms with Crippen molar-refractivity contribution in [2.75, 3.05) is 4.90 Å². The summed E-state index contributed by atoms with van der Waals surface area (Å²) in [7, 11) is 0. The third-order valence-electron chi connectivity index (χ3n) is 13.5. The van der Waals surface area contributed by atoms with Crippen molar-refractivity contribution in [3.05, 3.63) is 224 Å². The summed E-state index contributed by atoms with van der Waals surface area (Å²) in [5.74, 6) is 0. The van der Waals surface area contributed by atoms with Gasteiger partial charge in [-0.3, -0.25) is 0 Å². The smallest absolute Gasteiger partial charge is 0.143 e. The maximum absolute atomic E-state index is 6.57. The molecule has 3 aromatic heterocycles. The Morgan fingerprint density at radius 2 is 0.742 bits per heavy atom. The van der Waals surface area contributed by atoms with Gasteiger partial charge in [0.2, 0.25) is 0 Å². The minimum atomic E-state index is 0.892. The molecule has 66 heavy (non-hydrogen) atoms. The van der Waals surface area contributed by atoms with Crippen molar-refractivity contribution in [3.63, 3.8) is 0 Å². The fourth-order valence-corrected chi connectivity index (χ4v) is 11.5. The first kappa shape index (κ1) is 37.0. The summed E-state index contributed by atoms with van der Waals surface area (Å²) in [6.07, 6.45) is 0. The number of hydrogen-bond acceptors (Lipinski definition) is 4. The average Bonchev–Trinajstić information content (AvgIpc) is 4.09. The summed E-state index contributed by atoms with van der Waals surface area (Å²) in [6.45, 7) is 0. The van der Waals surface area contributed by atoms with Gasteiger partial charge in [0.15, 0.2) is 0 Å². The molecule has 0 amide bonds. The first-order chi connectivity index (χ1) is 32.7. The zero-order valence-electron chi connectivity index (χ0n) is 35.5. The lowest BCUT2D eigenvalue weighted by Crippen LogP contribution is -2.09. The lowest BCUT2D eigenvalue weighted by molar-refractivity contribution is 0.672. The first-order valence-corrected chi connectivity index (χ1v) is 23.2. The topological polar surface area (TPSA) is 29.5 Å². The van der Waals surface area contributed by atoms with Gasteiger partial charge in [-0.25, -0.2) is 0 Å². The third kappa shape index (κ3) is 5.75. The van der Waals surface area contributed by atoms with Gasteiger partial charge in [-0.2, -0.15) is 0 Å². The predicted molar refractivity (Wildman–Crippen MR) is 280 cm³/mol. The Kier molecular flexibility index (Phi) is 8.15. The standard InChI is InChI=1S/C62H37NO2S/c1-3-11-49-39(9-1)25-35-53-59-47(14-7-16-55(59)64-61(49)53)41-21-30-45(31-22-41)63(44-28-19-38(20-29-44)43-27-34-52-51-13-5-6-18-57(51)66-58(52)37-43)46-32-23-42(24-33-46)48-15-8-17-56-60(48)54-36-26-40-10-2-4-12-50(40)62(54)65-56/h1-37H. The highest BCUT2D eigenvalue weighted by Gasteiger charge is 2.19. The molecular weight excluding hydrogens is 823 g/mol. The number of rotatable bonds is 6. The van der Waals surface area contributed by atoms with E-state index in [0.717, 1.165) is 94.0 Å². The molecule has 0 unspecified atom stereocenters. The minimum Gasteiger partial charge on any atom is -0.455 e. The molecule has 308 valence electrons. The summed E-state index contributed by atoms with van der Waals surface area (Å²) in [4.78, 5) is 2.35. The number of anilines is 3. The van der Waals surface area contributed by atoms with Crippen LogP contribution in [0.5, 0.6) is 0 Å². The highest BCUT2D eigenvalue weighted by atomic mass is 32.1. The zero-order chi connectivity index (χ0) is 43.3. The van der Waals surface area contributed by atoms with Crippen LogP contribution < -0.4 is 4.90 Å². The summed E-state index contributed by atoms with van der Waals surface area (Å²) in [6, 6.07) is 80.9. The van der Waals surface area contributed by atoms with E-state index in [1.54, 1.807) is 0 Å². The summed E-state index contributed by atoms with van der Waals surface area (Å²) >= 11 is 1.86. The molecule has 0 aliphatic rings. The molecule has 0 atom stereocenters. The Morgan fingerprint density at radius 1 is 0.303 bits per heavy atom. The molecule has 14 aromatic rings. The largest absolute Gasteiger partial charge is 0.455 e. The van der Waals surface area contributed by atoms with Crippen LogP contribution in [0.3, 0.4) is 0 Å². The zero-order valence-corrected chi connectivity index (χ0v) is 36.4. The van der Waals surface area contributed by atoms with Crippen molar-refractivity contribution in [1.29, 1.82) is 0 Å². The van der Waals surface area contributed by atoms with Gasteiger partial charge >= 0.3 is 0 Å². The highest BCUT2D eigenvalue weighted by molar-refractivity contribution is 7.25. The van der Waals surface area contributed by atoms with Gasteiger partial charge in [0.25, 0.3) is 0 Å². The lowest BCUT2D eigenvalue weighted by atomic mass is 9.97. The van der Waals surface area contributed by atoms with Gasteiger partial charge in [0.1, 0.15) is 22.3 Å². The van der Waals surface area contributed by atoms with E-state index in [1.807, 2.05) is 11.3 Å². The van der Waals surface area contributed by atoms with Crippen LogP contribution in [0.4, 0.5) is 17.1 Å². The van der Waals surface area contributed by atoms with E-state index in [1.165, 1.54) is 42.1 Å². The molecule has 14 rings (SSSR count). The van der Waals surface area contributed by atoms with Crippen molar-refractivity contribution >= 4 is 114 Å². The molecule has 0 aliphatic heterocycles. The van der Waals surface area contributed by atoms with E-state index in [4.69, 9.17) is 8.83 Å². The van der Waals surface area contributed by atoms with Crippen molar-refractivity contribution < 1.29 is 8.83 Å². The van der Waals surface area contributed by atoms with Crippen LogP contribution in [-0.4, -0.2) is 0 Å². The Labute approximate surface area is 383 Å². The number of fused-ring (bicyclic) bond motifs is 13. The Morgan fingerprint density at radius 3 is 1.29 bits per heavy atom. The molecule has 0 saturated carbocycles. The van der Waals surface area contributed by atoms with Crippen LogP contribution in [-0.2, 0) is 0 Å². The summed E-state index contributed by atoms with van der Waals surface area (Å²) in [5.41, 5.74) is 13.8. The third-order valence-corrected chi connectivity index (χ3v) is 14.6. The van der Waals surface area contributed by atoms with E-state index in [2.05, 4.69) is 229 Å². The van der Waals surface area contributed by atoms with Crippen LogP contribution in [0.25, 0.3) is 119 Å². The molecule has 3 heterocycles. The number of furan rings is 2. The molecule has 3 nitrogen and oxygen atoms in total. The van der Waals surface area contributed by atoms with Crippen LogP contribution in [0.15, 0.2) is 233 Å².